The standard InChI is InChI=1S/C24H28N4O2S/c1-3-22(23(30)27-20-12-10-19(11-13-20)26-16(2)29)31-24-18(15-25)14-17-8-6-4-5-7-9-21(17)28-24/h10-14,22H,3-9H2,1-2H3,(H,26,29)(H,27,30). The van der Waals surface area contributed by atoms with E-state index in [0.29, 0.717) is 28.4 Å². The van der Waals surface area contributed by atoms with Crippen molar-refractivity contribution < 1.29 is 9.59 Å². The summed E-state index contributed by atoms with van der Waals surface area (Å²) in [5.41, 5.74) is 4.14. The Morgan fingerprint density at radius 3 is 2.35 bits per heavy atom. The number of nitrogens with one attached hydrogen (secondary N) is 2. The summed E-state index contributed by atoms with van der Waals surface area (Å²) in [4.78, 5) is 28.9. The Bertz CT molecular complexity index is 982. The molecule has 1 aliphatic rings. The predicted molar refractivity (Wildman–Crippen MR) is 124 cm³/mol. The molecule has 6 nitrogen and oxygen atoms in total. The molecule has 0 spiro atoms. The van der Waals surface area contributed by atoms with Crippen LogP contribution >= 0.6 is 11.8 Å². The number of aryl methyl sites for hydroxylation is 2. The van der Waals surface area contributed by atoms with Crippen molar-refractivity contribution >= 4 is 35.0 Å². The highest BCUT2D eigenvalue weighted by atomic mass is 32.2. The fourth-order valence-electron chi connectivity index (χ4n) is 3.66. The number of anilines is 2. The highest BCUT2D eigenvalue weighted by Gasteiger charge is 2.22. The van der Waals surface area contributed by atoms with E-state index in [1.807, 2.05) is 13.0 Å². The van der Waals surface area contributed by atoms with Gasteiger partial charge in [-0.1, -0.05) is 31.5 Å². The third kappa shape index (κ3) is 6.31. The van der Waals surface area contributed by atoms with Crippen LogP contribution in [0.4, 0.5) is 11.4 Å². The zero-order chi connectivity index (χ0) is 22.2. The van der Waals surface area contributed by atoms with Crippen molar-refractivity contribution in [1.82, 2.24) is 4.98 Å². The molecule has 0 saturated heterocycles. The molecule has 0 saturated carbocycles. The van der Waals surface area contributed by atoms with Gasteiger partial charge >= 0.3 is 0 Å². The first-order valence-electron chi connectivity index (χ1n) is 10.8. The number of rotatable bonds is 6. The van der Waals surface area contributed by atoms with Crippen LogP contribution in [-0.4, -0.2) is 22.0 Å². The Morgan fingerprint density at radius 1 is 1.10 bits per heavy atom. The molecule has 1 aliphatic carbocycles. The number of carbonyl (C=O) groups is 2. The van der Waals surface area contributed by atoms with Gasteiger partial charge in [0.05, 0.1) is 10.8 Å². The normalized spacial score (nSPS) is 14.4. The van der Waals surface area contributed by atoms with Crippen molar-refractivity contribution in [3.05, 3.63) is 47.2 Å². The molecule has 7 heteroatoms. The second-order valence-electron chi connectivity index (χ2n) is 7.74. The average Bonchev–Trinajstić information content (AvgIpc) is 2.73. The lowest BCUT2D eigenvalue weighted by atomic mass is 9.96. The van der Waals surface area contributed by atoms with E-state index in [0.717, 1.165) is 31.4 Å². The Labute approximate surface area is 187 Å². The van der Waals surface area contributed by atoms with Gasteiger partial charge in [-0.05, 0) is 68.0 Å². The molecule has 0 aliphatic heterocycles. The Hall–Kier alpha value is -2.85. The first kappa shape index (κ1) is 22.8. The molecule has 1 heterocycles. The molecule has 3 rings (SSSR count). The molecule has 2 N–H and O–H groups in total. The average molecular weight is 437 g/mol. The van der Waals surface area contributed by atoms with Crippen LogP contribution in [-0.2, 0) is 22.4 Å². The molecule has 0 radical (unpaired) electrons. The summed E-state index contributed by atoms with van der Waals surface area (Å²) >= 11 is 1.36. The van der Waals surface area contributed by atoms with Crippen LogP contribution in [0, 0.1) is 11.3 Å². The van der Waals surface area contributed by atoms with Crippen molar-refractivity contribution in [2.24, 2.45) is 0 Å². The van der Waals surface area contributed by atoms with Crippen LogP contribution in [0.25, 0.3) is 0 Å². The monoisotopic (exact) mass is 436 g/mol. The molecule has 0 fully saturated rings. The number of hydrogen-bond donors (Lipinski definition) is 2. The molecule has 31 heavy (non-hydrogen) atoms. The number of aromatic nitrogens is 1. The summed E-state index contributed by atoms with van der Waals surface area (Å²) in [5.74, 6) is -0.270. The number of pyridine rings is 1. The van der Waals surface area contributed by atoms with E-state index in [1.165, 1.54) is 37.1 Å². The maximum Gasteiger partial charge on any atom is 0.237 e. The Balaban J connectivity index is 1.73. The van der Waals surface area contributed by atoms with Gasteiger partial charge in [-0.2, -0.15) is 5.26 Å². The van der Waals surface area contributed by atoms with Crippen molar-refractivity contribution in [3.63, 3.8) is 0 Å². The SMILES string of the molecule is CCC(Sc1nc2c(cc1C#N)CCCCCC2)C(=O)Nc1ccc(NC(C)=O)cc1. The summed E-state index contributed by atoms with van der Waals surface area (Å²) in [7, 11) is 0. The van der Waals surface area contributed by atoms with Gasteiger partial charge in [-0.25, -0.2) is 4.98 Å². The largest absolute Gasteiger partial charge is 0.326 e. The fraction of sp³-hybridized carbons (Fsp3) is 0.417. The second-order valence-corrected chi connectivity index (χ2v) is 8.93. The van der Waals surface area contributed by atoms with Gasteiger partial charge in [0.15, 0.2) is 0 Å². The summed E-state index contributed by atoms with van der Waals surface area (Å²) < 4.78 is 0. The zero-order valence-corrected chi connectivity index (χ0v) is 18.8. The number of hydrogen-bond acceptors (Lipinski definition) is 5. The van der Waals surface area contributed by atoms with Crippen LogP contribution in [0.15, 0.2) is 35.4 Å². The summed E-state index contributed by atoms with van der Waals surface area (Å²) in [5, 5.41) is 15.6. The molecule has 162 valence electrons. The molecule has 1 aromatic carbocycles. The molecular formula is C24H28N4O2S. The Morgan fingerprint density at radius 2 is 1.74 bits per heavy atom. The molecule has 1 unspecified atom stereocenters. The highest BCUT2D eigenvalue weighted by Crippen LogP contribution is 2.31. The smallest absolute Gasteiger partial charge is 0.237 e. The van der Waals surface area contributed by atoms with E-state index in [1.54, 1.807) is 24.3 Å². The predicted octanol–water partition coefficient (Wildman–Crippen LogP) is 5.08. The molecule has 1 aromatic heterocycles. The van der Waals surface area contributed by atoms with Gasteiger partial charge in [0.25, 0.3) is 0 Å². The van der Waals surface area contributed by atoms with Gasteiger partial charge < -0.3 is 10.6 Å². The van der Waals surface area contributed by atoms with Crippen molar-refractivity contribution in [3.8, 4) is 6.07 Å². The number of thioether (sulfide) groups is 1. The second kappa shape index (κ2) is 11.0. The lowest BCUT2D eigenvalue weighted by molar-refractivity contribution is -0.116. The Kier molecular flexibility index (Phi) is 8.07. The van der Waals surface area contributed by atoms with Crippen molar-refractivity contribution in [2.75, 3.05) is 10.6 Å². The quantitative estimate of drug-likeness (QED) is 0.616. The maximum atomic E-state index is 12.9. The molecule has 2 aromatic rings. The summed E-state index contributed by atoms with van der Waals surface area (Å²) in [6.07, 6.45) is 7.19. The lowest BCUT2D eigenvalue weighted by Gasteiger charge is -2.18. The van der Waals surface area contributed by atoms with Gasteiger partial charge in [0, 0.05) is 24.0 Å². The van der Waals surface area contributed by atoms with Crippen molar-refractivity contribution in [2.45, 2.75) is 69.1 Å². The number of amides is 2. The topological polar surface area (TPSA) is 94.9 Å². The zero-order valence-electron chi connectivity index (χ0n) is 18.0. The summed E-state index contributed by atoms with van der Waals surface area (Å²) in [6, 6.07) is 11.2. The van der Waals surface area contributed by atoms with E-state index < -0.39 is 0 Å². The molecular weight excluding hydrogens is 408 g/mol. The number of benzene rings is 1. The maximum absolute atomic E-state index is 12.9. The van der Waals surface area contributed by atoms with E-state index in [4.69, 9.17) is 4.98 Å². The number of carbonyl (C=O) groups excluding carboxylic acids is 2. The van der Waals surface area contributed by atoms with Crippen LogP contribution < -0.4 is 10.6 Å². The lowest BCUT2D eigenvalue weighted by Crippen LogP contribution is -2.25. The number of nitriles is 1. The highest BCUT2D eigenvalue weighted by molar-refractivity contribution is 8.00. The molecule has 1 atom stereocenters. The van der Waals surface area contributed by atoms with Crippen LogP contribution in [0.1, 0.15) is 62.8 Å². The number of fused-ring (bicyclic) bond motifs is 1. The fourth-order valence-corrected chi connectivity index (χ4v) is 4.65. The van der Waals surface area contributed by atoms with Gasteiger partial charge in [0.1, 0.15) is 11.1 Å². The summed E-state index contributed by atoms with van der Waals surface area (Å²) in [6.45, 7) is 3.41. The minimum Gasteiger partial charge on any atom is -0.326 e. The third-order valence-corrected chi connectivity index (χ3v) is 6.64. The van der Waals surface area contributed by atoms with E-state index in [9.17, 15) is 14.9 Å². The van der Waals surface area contributed by atoms with E-state index >= 15 is 0 Å². The number of nitrogens with zero attached hydrogens (tertiary/aromatic N) is 2. The van der Waals surface area contributed by atoms with E-state index in [-0.39, 0.29) is 17.1 Å². The van der Waals surface area contributed by atoms with Crippen LogP contribution in [0.2, 0.25) is 0 Å². The van der Waals surface area contributed by atoms with Gasteiger partial charge in [0.2, 0.25) is 11.8 Å². The first-order chi connectivity index (χ1) is 15.0. The van der Waals surface area contributed by atoms with Crippen molar-refractivity contribution in [1.29, 1.82) is 5.26 Å². The minimum absolute atomic E-state index is 0.128. The first-order valence-corrected chi connectivity index (χ1v) is 11.7. The van der Waals surface area contributed by atoms with E-state index in [2.05, 4.69) is 16.7 Å². The van der Waals surface area contributed by atoms with Gasteiger partial charge in [-0.15, -0.1) is 0 Å². The van der Waals surface area contributed by atoms with Crippen LogP contribution in [0.5, 0.6) is 0 Å². The minimum atomic E-state index is -0.360. The molecule has 0 bridgehead atoms. The third-order valence-electron chi connectivity index (χ3n) is 5.28. The van der Waals surface area contributed by atoms with Gasteiger partial charge in [-0.3, -0.25) is 9.59 Å². The molecule has 2 amide bonds. The van der Waals surface area contributed by atoms with Crippen LogP contribution in [0.3, 0.4) is 0 Å².